The highest BCUT2D eigenvalue weighted by Crippen LogP contribution is 2.32. The van der Waals surface area contributed by atoms with Crippen LogP contribution in [0.5, 0.6) is 0 Å². The summed E-state index contributed by atoms with van der Waals surface area (Å²) >= 11 is 0. The van der Waals surface area contributed by atoms with Crippen LogP contribution in [0.15, 0.2) is 0 Å². The Balaban J connectivity index is 1.97. The molecule has 0 spiro atoms. The third kappa shape index (κ3) is 3.75. The summed E-state index contributed by atoms with van der Waals surface area (Å²) in [6.45, 7) is 9.52. The first kappa shape index (κ1) is 15.8. The topological polar surface area (TPSA) is 32.3 Å². The van der Waals surface area contributed by atoms with Gasteiger partial charge in [-0.05, 0) is 51.4 Å². The molecule has 0 radical (unpaired) electrons. The van der Waals surface area contributed by atoms with Crippen LogP contribution in [0.1, 0.15) is 66.2 Å². The van der Waals surface area contributed by atoms with Crippen LogP contribution in [0.2, 0.25) is 0 Å². The minimum absolute atomic E-state index is 0.0653. The SMILES string of the molecule is CC(C)CN(C(=O)C1CCC2CCCCC2N1)C(C)C. The predicted octanol–water partition coefficient (Wildman–Crippen LogP) is 3.19. The first-order chi connectivity index (χ1) is 9.49. The Morgan fingerprint density at radius 2 is 1.80 bits per heavy atom. The van der Waals surface area contributed by atoms with Crippen molar-refractivity contribution in [2.75, 3.05) is 6.54 Å². The molecular formula is C17H32N2O. The second-order valence-electron chi connectivity index (χ2n) is 7.43. The van der Waals surface area contributed by atoms with Crippen molar-refractivity contribution >= 4 is 5.91 Å². The summed E-state index contributed by atoms with van der Waals surface area (Å²) in [4.78, 5) is 14.9. The fraction of sp³-hybridized carbons (Fsp3) is 0.941. The number of carbonyl (C=O) groups excluding carboxylic acids is 1. The highest BCUT2D eigenvalue weighted by molar-refractivity contribution is 5.82. The quantitative estimate of drug-likeness (QED) is 0.858. The molecule has 1 aliphatic carbocycles. The van der Waals surface area contributed by atoms with Crippen molar-refractivity contribution in [1.82, 2.24) is 10.2 Å². The van der Waals surface area contributed by atoms with Gasteiger partial charge in [0.15, 0.2) is 0 Å². The van der Waals surface area contributed by atoms with Crippen molar-refractivity contribution in [3.05, 3.63) is 0 Å². The number of piperidine rings is 1. The lowest BCUT2D eigenvalue weighted by molar-refractivity contribution is -0.137. The Kier molecular flexibility index (Phi) is 5.48. The number of amides is 1. The molecule has 1 heterocycles. The molecule has 0 aromatic heterocycles. The zero-order chi connectivity index (χ0) is 14.7. The van der Waals surface area contributed by atoms with E-state index in [-0.39, 0.29) is 6.04 Å². The lowest BCUT2D eigenvalue weighted by Gasteiger charge is -2.42. The van der Waals surface area contributed by atoms with Gasteiger partial charge >= 0.3 is 0 Å². The molecule has 1 N–H and O–H groups in total. The van der Waals surface area contributed by atoms with Gasteiger partial charge in [-0.25, -0.2) is 0 Å². The first-order valence-electron chi connectivity index (χ1n) is 8.55. The summed E-state index contributed by atoms with van der Waals surface area (Å²) in [7, 11) is 0. The molecule has 2 aliphatic rings. The van der Waals surface area contributed by atoms with E-state index in [1.54, 1.807) is 0 Å². The molecule has 3 nitrogen and oxygen atoms in total. The normalized spacial score (nSPS) is 30.4. The Labute approximate surface area is 124 Å². The number of nitrogens with one attached hydrogen (secondary N) is 1. The molecule has 2 fully saturated rings. The molecular weight excluding hydrogens is 248 g/mol. The lowest BCUT2D eigenvalue weighted by Crippen LogP contribution is -2.57. The van der Waals surface area contributed by atoms with Gasteiger partial charge in [-0.1, -0.05) is 26.7 Å². The lowest BCUT2D eigenvalue weighted by atomic mass is 9.77. The fourth-order valence-corrected chi connectivity index (χ4v) is 3.84. The van der Waals surface area contributed by atoms with Crippen molar-refractivity contribution in [3.63, 3.8) is 0 Å². The average Bonchev–Trinajstić information content (AvgIpc) is 2.43. The number of rotatable bonds is 4. The number of nitrogens with zero attached hydrogens (tertiary/aromatic N) is 1. The van der Waals surface area contributed by atoms with E-state index in [9.17, 15) is 4.79 Å². The summed E-state index contributed by atoms with van der Waals surface area (Å²) in [5.74, 6) is 1.69. The van der Waals surface area contributed by atoms with E-state index in [0.29, 0.717) is 23.9 Å². The van der Waals surface area contributed by atoms with Gasteiger partial charge in [-0.2, -0.15) is 0 Å². The first-order valence-corrected chi connectivity index (χ1v) is 8.55. The van der Waals surface area contributed by atoms with Crippen LogP contribution in [-0.2, 0) is 4.79 Å². The molecule has 20 heavy (non-hydrogen) atoms. The standard InChI is InChI=1S/C17H32N2O/c1-12(2)11-19(13(3)4)17(20)16-10-9-14-7-5-6-8-15(14)18-16/h12-16,18H,5-11H2,1-4H3. The summed E-state index contributed by atoms with van der Waals surface area (Å²) in [6, 6.07) is 0.964. The van der Waals surface area contributed by atoms with E-state index in [1.807, 2.05) is 0 Å². The Bertz CT molecular complexity index is 327. The van der Waals surface area contributed by atoms with Crippen LogP contribution < -0.4 is 5.32 Å². The molecule has 3 unspecified atom stereocenters. The molecule has 1 saturated heterocycles. The Morgan fingerprint density at radius 1 is 1.10 bits per heavy atom. The highest BCUT2D eigenvalue weighted by atomic mass is 16.2. The third-order valence-corrected chi connectivity index (χ3v) is 4.92. The molecule has 1 amide bonds. The fourth-order valence-electron chi connectivity index (χ4n) is 3.84. The van der Waals surface area contributed by atoms with Gasteiger partial charge in [-0.15, -0.1) is 0 Å². The molecule has 116 valence electrons. The van der Waals surface area contributed by atoms with Crippen molar-refractivity contribution in [1.29, 1.82) is 0 Å². The van der Waals surface area contributed by atoms with Crippen LogP contribution in [0.4, 0.5) is 0 Å². The maximum atomic E-state index is 12.8. The smallest absolute Gasteiger partial charge is 0.239 e. The van der Waals surface area contributed by atoms with Crippen LogP contribution in [0.25, 0.3) is 0 Å². The maximum Gasteiger partial charge on any atom is 0.239 e. The van der Waals surface area contributed by atoms with Gasteiger partial charge in [0, 0.05) is 18.6 Å². The van der Waals surface area contributed by atoms with Crippen molar-refractivity contribution in [2.45, 2.75) is 84.3 Å². The monoisotopic (exact) mass is 280 g/mol. The summed E-state index contributed by atoms with van der Waals surface area (Å²) in [5, 5.41) is 3.67. The predicted molar refractivity (Wildman–Crippen MR) is 83.6 cm³/mol. The maximum absolute atomic E-state index is 12.8. The van der Waals surface area contributed by atoms with Gasteiger partial charge in [0.2, 0.25) is 5.91 Å². The minimum atomic E-state index is 0.0653. The van der Waals surface area contributed by atoms with E-state index in [4.69, 9.17) is 0 Å². The Hall–Kier alpha value is -0.570. The van der Waals surface area contributed by atoms with E-state index >= 15 is 0 Å². The second kappa shape index (κ2) is 6.93. The van der Waals surface area contributed by atoms with Crippen molar-refractivity contribution < 1.29 is 4.79 Å². The Morgan fingerprint density at radius 3 is 2.45 bits per heavy atom. The van der Waals surface area contributed by atoms with Crippen molar-refractivity contribution in [3.8, 4) is 0 Å². The van der Waals surface area contributed by atoms with E-state index in [1.165, 1.54) is 32.1 Å². The number of hydrogen-bond donors (Lipinski definition) is 1. The van der Waals surface area contributed by atoms with E-state index in [2.05, 4.69) is 37.9 Å². The largest absolute Gasteiger partial charge is 0.339 e. The zero-order valence-electron chi connectivity index (χ0n) is 13.7. The molecule has 0 aromatic rings. The molecule has 0 aromatic carbocycles. The van der Waals surface area contributed by atoms with Crippen molar-refractivity contribution in [2.24, 2.45) is 11.8 Å². The van der Waals surface area contributed by atoms with Crippen LogP contribution in [0.3, 0.4) is 0 Å². The summed E-state index contributed by atoms with van der Waals surface area (Å²) in [6.07, 6.45) is 7.60. The average molecular weight is 280 g/mol. The number of carbonyl (C=O) groups is 1. The molecule has 1 aliphatic heterocycles. The zero-order valence-corrected chi connectivity index (χ0v) is 13.7. The van der Waals surface area contributed by atoms with Gasteiger partial charge in [0.25, 0.3) is 0 Å². The van der Waals surface area contributed by atoms with E-state index < -0.39 is 0 Å². The van der Waals surface area contributed by atoms with Gasteiger partial charge in [-0.3, -0.25) is 4.79 Å². The van der Waals surface area contributed by atoms with Crippen LogP contribution in [-0.4, -0.2) is 35.5 Å². The summed E-state index contributed by atoms with van der Waals surface area (Å²) < 4.78 is 0. The number of hydrogen-bond acceptors (Lipinski definition) is 2. The minimum Gasteiger partial charge on any atom is -0.339 e. The van der Waals surface area contributed by atoms with Gasteiger partial charge < -0.3 is 10.2 Å². The highest BCUT2D eigenvalue weighted by Gasteiger charge is 2.36. The van der Waals surface area contributed by atoms with Gasteiger partial charge in [0.05, 0.1) is 6.04 Å². The van der Waals surface area contributed by atoms with Gasteiger partial charge in [0.1, 0.15) is 0 Å². The molecule has 2 rings (SSSR count). The summed E-state index contributed by atoms with van der Waals surface area (Å²) in [5.41, 5.74) is 0. The molecule has 1 saturated carbocycles. The number of fused-ring (bicyclic) bond motifs is 1. The van der Waals surface area contributed by atoms with E-state index in [0.717, 1.165) is 18.9 Å². The third-order valence-electron chi connectivity index (χ3n) is 4.92. The molecule has 0 bridgehead atoms. The second-order valence-corrected chi connectivity index (χ2v) is 7.43. The molecule has 3 atom stereocenters. The molecule has 3 heteroatoms. The van der Waals surface area contributed by atoms with Crippen LogP contribution in [0, 0.1) is 11.8 Å². The van der Waals surface area contributed by atoms with Crippen LogP contribution >= 0.6 is 0 Å².